The van der Waals surface area contributed by atoms with Gasteiger partial charge in [-0.15, -0.1) is 0 Å². The van der Waals surface area contributed by atoms with Gasteiger partial charge in [-0.2, -0.15) is 0 Å². The molecule has 1 aromatic carbocycles. The van der Waals surface area contributed by atoms with Crippen molar-refractivity contribution in [2.45, 2.75) is 64.3 Å². The lowest BCUT2D eigenvalue weighted by atomic mass is 9.94. The molecule has 118 valence electrons. The van der Waals surface area contributed by atoms with Crippen molar-refractivity contribution < 1.29 is 14.6 Å². The summed E-state index contributed by atoms with van der Waals surface area (Å²) < 4.78 is 11.6. The van der Waals surface area contributed by atoms with E-state index in [4.69, 9.17) is 9.47 Å². The molecule has 21 heavy (non-hydrogen) atoms. The molecule has 1 saturated carbocycles. The minimum atomic E-state index is -0.380. The highest BCUT2D eigenvalue weighted by atomic mass is 16.5. The van der Waals surface area contributed by atoms with Gasteiger partial charge in [-0.25, -0.2) is 0 Å². The Bertz CT molecular complexity index is 448. The van der Waals surface area contributed by atoms with Crippen molar-refractivity contribution in [2.24, 2.45) is 0 Å². The van der Waals surface area contributed by atoms with Crippen LogP contribution in [0.3, 0.4) is 0 Å². The molecule has 0 bridgehead atoms. The van der Waals surface area contributed by atoms with Crippen LogP contribution in [0.15, 0.2) is 18.2 Å². The molecular weight excluding hydrogens is 266 g/mol. The van der Waals surface area contributed by atoms with Crippen molar-refractivity contribution in [3.05, 3.63) is 23.8 Å². The van der Waals surface area contributed by atoms with E-state index in [1.807, 2.05) is 18.2 Å². The van der Waals surface area contributed by atoms with Crippen molar-refractivity contribution in [2.75, 3.05) is 7.11 Å². The Morgan fingerprint density at radius 3 is 2.71 bits per heavy atom. The fourth-order valence-electron chi connectivity index (χ4n) is 2.68. The highest BCUT2D eigenvalue weighted by molar-refractivity contribution is 5.46. The second-order valence-electron chi connectivity index (χ2n) is 5.99. The molecule has 4 nitrogen and oxygen atoms in total. The van der Waals surface area contributed by atoms with Crippen molar-refractivity contribution >= 4 is 0 Å². The molecule has 0 spiro atoms. The molecule has 0 amide bonds. The quantitative estimate of drug-likeness (QED) is 0.847. The average molecular weight is 293 g/mol. The molecule has 0 aliphatic heterocycles. The molecule has 0 saturated heterocycles. The third-order valence-corrected chi connectivity index (χ3v) is 3.92. The van der Waals surface area contributed by atoms with Crippen molar-refractivity contribution in [1.29, 1.82) is 0 Å². The van der Waals surface area contributed by atoms with Crippen LogP contribution < -0.4 is 14.8 Å². The Balaban J connectivity index is 2.17. The summed E-state index contributed by atoms with van der Waals surface area (Å²) in [6.45, 7) is 4.96. The first kappa shape index (κ1) is 16.1. The third kappa shape index (κ3) is 4.35. The lowest BCUT2D eigenvalue weighted by Gasteiger charge is -2.29. The van der Waals surface area contributed by atoms with E-state index in [1.165, 1.54) is 0 Å². The van der Waals surface area contributed by atoms with Crippen molar-refractivity contribution in [1.82, 2.24) is 5.32 Å². The number of hydrogen-bond acceptors (Lipinski definition) is 4. The molecule has 2 atom stereocenters. The molecular formula is C17H27NO3. The van der Waals surface area contributed by atoms with Crippen LogP contribution in [-0.2, 0) is 6.54 Å². The third-order valence-electron chi connectivity index (χ3n) is 3.92. The zero-order chi connectivity index (χ0) is 15.2. The van der Waals surface area contributed by atoms with Gasteiger partial charge in [-0.05, 0) is 25.3 Å². The summed E-state index contributed by atoms with van der Waals surface area (Å²) in [5.74, 6) is 1.50. The van der Waals surface area contributed by atoms with Crippen molar-refractivity contribution in [3.8, 4) is 11.5 Å². The summed E-state index contributed by atoms with van der Waals surface area (Å²) >= 11 is 0. The van der Waals surface area contributed by atoms with Gasteiger partial charge in [0.15, 0.2) is 11.5 Å². The highest BCUT2D eigenvalue weighted by Gasteiger charge is 2.26. The Morgan fingerprint density at radius 1 is 1.29 bits per heavy atom. The highest BCUT2D eigenvalue weighted by Crippen LogP contribution is 2.34. The van der Waals surface area contributed by atoms with E-state index < -0.39 is 0 Å². The predicted molar refractivity (Wildman–Crippen MR) is 83.9 cm³/mol. The van der Waals surface area contributed by atoms with Crippen LogP contribution in [0.4, 0.5) is 0 Å². The SMILES string of the molecule is COc1cccc(CNC(C)C)c1OC1CCCCC1O. The minimum Gasteiger partial charge on any atom is -0.493 e. The summed E-state index contributed by atoms with van der Waals surface area (Å²) in [5.41, 5.74) is 1.07. The van der Waals surface area contributed by atoms with E-state index >= 15 is 0 Å². The molecule has 1 fully saturated rings. The number of aliphatic hydroxyl groups is 1. The molecule has 2 unspecified atom stereocenters. The standard InChI is InChI=1S/C17H27NO3/c1-12(2)18-11-13-7-6-10-16(20-3)17(13)21-15-9-5-4-8-14(15)19/h6-7,10,12,14-15,18-19H,4-5,8-9,11H2,1-3H3. The maximum Gasteiger partial charge on any atom is 0.166 e. The summed E-state index contributed by atoms with van der Waals surface area (Å²) in [5, 5.41) is 13.5. The Morgan fingerprint density at radius 2 is 2.05 bits per heavy atom. The molecule has 2 N–H and O–H groups in total. The number of aliphatic hydroxyl groups excluding tert-OH is 1. The lowest BCUT2D eigenvalue weighted by Crippen LogP contribution is -2.35. The van der Waals surface area contributed by atoms with Crippen LogP contribution in [0.1, 0.15) is 45.1 Å². The number of nitrogens with one attached hydrogen (secondary N) is 1. The maximum absolute atomic E-state index is 10.1. The molecule has 1 aliphatic carbocycles. The second kappa shape index (κ2) is 7.66. The number of ether oxygens (including phenoxy) is 2. The van der Waals surface area contributed by atoms with Gasteiger partial charge in [0.05, 0.1) is 13.2 Å². The first-order valence-corrected chi connectivity index (χ1v) is 7.85. The van der Waals surface area contributed by atoms with Gasteiger partial charge in [0.25, 0.3) is 0 Å². The van der Waals surface area contributed by atoms with Crippen LogP contribution in [0.2, 0.25) is 0 Å². The molecule has 4 heteroatoms. The van der Waals surface area contributed by atoms with Gasteiger partial charge in [-0.1, -0.05) is 32.4 Å². The minimum absolute atomic E-state index is 0.132. The van der Waals surface area contributed by atoms with Crippen molar-refractivity contribution in [3.63, 3.8) is 0 Å². The monoisotopic (exact) mass is 293 g/mol. The number of methoxy groups -OCH3 is 1. The van der Waals surface area contributed by atoms with Crippen LogP contribution in [-0.4, -0.2) is 30.5 Å². The zero-order valence-electron chi connectivity index (χ0n) is 13.3. The van der Waals surface area contributed by atoms with Gasteiger partial charge < -0.3 is 19.9 Å². The largest absolute Gasteiger partial charge is 0.493 e. The van der Waals surface area contributed by atoms with Gasteiger partial charge in [0, 0.05) is 18.2 Å². The number of para-hydroxylation sites is 1. The van der Waals surface area contributed by atoms with Gasteiger partial charge in [0.1, 0.15) is 6.10 Å². The second-order valence-corrected chi connectivity index (χ2v) is 5.99. The maximum atomic E-state index is 10.1. The van der Waals surface area contributed by atoms with E-state index in [9.17, 15) is 5.11 Å². The smallest absolute Gasteiger partial charge is 0.166 e. The van der Waals surface area contributed by atoms with Crippen LogP contribution in [0, 0.1) is 0 Å². The van der Waals surface area contributed by atoms with Crippen LogP contribution in [0.25, 0.3) is 0 Å². The van der Waals surface area contributed by atoms with E-state index in [1.54, 1.807) is 7.11 Å². The lowest BCUT2D eigenvalue weighted by molar-refractivity contribution is 0.00513. The molecule has 0 radical (unpaired) electrons. The summed E-state index contributed by atoms with van der Waals surface area (Å²) in [7, 11) is 1.65. The van der Waals surface area contributed by atoms with Crippen LogP contribution >= 0.6 is 0 Å². The number of hydrogen-bond donors (Lipinski definition) is 2. The molecule has 0 aromatic heterocycles. The normalized spacial score (nSPS) is 22.3. The van der Waals surface area contributed by atoms with E-state index in [0.717, 1.165) is 49.3 Å². The average Bonchev–Trinajstić information content (AvgIpc) is 2.48. The molecule has 1 aromatic rings. The summed E-state index contributed by atoms with van der Waals surface area (Å²) in [6, 6.07) is 6.33. The topological polar surface area (TPSA) is 50.7 Å². The predicted octanol–water partition coefficient (Wildman–Crippen LogP) is 2.88. The van der Waals surface area contributed by atoms with E-state index in [0.29, 0.717) is 6.04 Å². The number of rotatable bonds is 6. The molecule has 1 aliphatic rings. The fourth-order valence-corrected chi connectivity index (χ4v) is 2.68. The molecule has 0 heterocycles. The molecule has 2 rings (SSSR count). The van der Waals surface area contributed by atoms with Gasteiger partial charge >= 0.3 is 0 Å². The van der Waals surface area contributed by atoms with Gasteiger partial charge in [-0.3, -0.25) is 0 Å². The Labute approximate surface area is 127 Å². The van der Waals surface area contributed by atoms with E-state index in [2.05, 4.69) is 19.2 Å². The first-order chi connectivity index (χ1) is 10.1. The van der Waals surface area contributed by atoms with Gasteiger partial charge in [0.2, 0.25) is 0 Å². The Hall–Kier alpha value is -1.26. The number of benzene rings is 1. The Kier molecular flexibility index (Phi) is 5.88. The fraction of sp³-hybridized carbons (Fsp3) is 0.647. The van der Waals surface area contributed by atoms with E-state index in [-0.39, 0.29) is 12.2 Å². The first-order valence-electron chi connectivity index (χ1n) is 7.85. The summed E-state index contributed by atoms with van der Waals surface area (Å²) in [6.07, 6.45) is 3.39. The summed E-state index contributed by atoms with van der Waals surface area (Å²) in [4.78, 5) is 0. The van der Waals surface area contributed by atoms with Crippen LogP contribution in [0.5, 0.6) is 11.5 Å². The zero-order valence-corrected chi connectivity index (χ0v) is 13.3.